The van der Waals surface area contributed by atoms with Crippen molar-refractivity contribution in [1.82, 2.24) is 9.38 Å². The predicted molar refractivity (Wildman–Crippen MR) is 70.1 cm³/mol. The van der Waals surface area contributed by atoms with Gasteiger partial charge in [-0.3, -0.25) is 4.40 Å². The van der Waals surface area contributed by atoms with Gasteiger partial charge in [0.2, 0.25) is 0 Å². The molecule has 2 heterocycles. The molecule has 0 aromatic carbocycles. The van der Waals surface area contributed by atoms with Crippen molar-refractivity contribution in [3.05, 3.63) is 28.5 Å². The number of methoxy groups -OCH3 is 2. The Morgan fingerprint density at radius 2 is 2.16 bits per heavy atom. The summed E-state index contributed by atoms with van der Waals surface area (Å²) in [5, 5.41) is 0.475. The van der Waals surface area contributed by atoms with Gasteiger partial charge in [0.15, 0.2) is 11.0 Å². The first-order chi connectivity index (χ1) is 9.15. The second-order valence-electron chi connectivity index (χ2n) is 4.53. The van der Waals surface area contributed by atoms with E-state index in [0.717, 1.165) is 18.5 Å². The summed E-state index contributed by atoms with van der Waals surface area (Å²) in [7, 11) is 2.90. The average Bonchev–Trinajstić information content (AvgIpc) is 3.19. The molecule has 0 radical (unpaired) electrons. The number of carbonyl (C=O) groups excluding carboxylic acids is 1. The van der Waals surface area contributed by atoms with E-state index in [2.05, 4.69) is 4.98 Å². The van der Waals surface area contributed by atoms with Gasteiger partial charge in [0.25, 0.3) is 0 Å². The van der Waals surface area contributed by atoms with Crippen molar-refractivity contribution in [2.75, 3.05) is 14.2 Å². The molecular weight excluding hydrogens is 268 g/mol. The van der Waals surface area contributed by atoms with E-state index in [1.807, 2.05) is 4.40 Å². The van der Waals surface area contributed by atoms with Crippen LogP contribution in [0.4, 0.5) is 0 Å². The van der Waals surface area contributed by atoms with Crippen LogP contribution in [0.5, 0.6) is 5.88 Å². The van der Waals surface area contributed by atoms with Crippen LogP contribution in [0.1, 0.15) is 34.8 Å². The maximum Gasteiger partial charge on any atom is 0.338 e. The molecule has 19 heavy (non-hydrogen) atoms. The molecule has 6 heteroatoms. The van der Waals surface area contributed by atoms with Crippen LogP contribution >= 0.6 is 11.6 Å². The number of halogens is 1. The quantitative estimate of drug-likeness (QED) is 0.811. The zero-order valence-corrected chi connectivity index (χ0v) is 11.4. The second-order valence-corrected chi connectivity index (χ2v) is 4.89. The fraction of sp³-hybridized carbons (Fsp3) is 0.385. The van der Waals surface area contributed by atoms with Crippen molar-refractivity contribution < 1.29 is 14.3 Å². The highest BCUT2D eigenvalue weighted by Gasteiger charge is 2.31. The number of fused-ring (bicyclic) bond motifs is 1. The van der Waals surface area contributed by atoms with Gasteiger partial charge in [0, 0.05) is 12.0 Å². The highest BCUT2D eigenvalue weighted by molar-refractivity contribution is 6.30. The number of esters is 1. The molecule has 0 aliphatic heterocycles. The molecule has 0 bridgehead atoms. The van der Waals surface area contributed by atoms with Crippen LogP contribution in [-0.2, 0) is 4.74 Å². The second kappa shape index (κ2) is 4.42. The smallest absolute Gasteiger partial charge is 0.338 e. The maximum absolute atomic E-state index is 11.6. The lowest BCUT2D eigenvalue weighted by atomic mass is 10.2. The fourth-order valence-corrected chi connectivity index (χ4v) is 2.55. The van der Waals surface area contributed by atoms with Crippen LogP contribution in [0.2, 0.25) is 5.15 Å². The van der Waals surface area contributed by atoms with Crippen molar-refractivity contribution in [1.29, 1.82) is 0 Å². The minimum Gasteiger partial charge on any atom is -0.482 e. The molecule has 5 nitrogen and oxygen atoms in total. The van der Waals surface area contributed by atoms with Gasteiger partial charge < -0.3 is 9.47 Å². The highest BCUT2D eigenvalue weighted by atomic mass is 35.5. The van der Waals surface area contributed by atoms with Gasteiger partial charge in [-0.1, -0.05) is 11.6 Å². The third-order valence-corrected chi connectivity index (χ3v) is 3.55. The number of rotatable bonds is 3. The minimum atomic E-state index is -0.423. The van der Waals surface area contributed by atoms with Gasteiger partial charge in [-0.2, -0.15) is 0 Å². The van der Waals surface area contributed by atoms with E-state index in [-0.39, 0.29) is 0 Å². The molecule has 0 spiro atoms. The lowest BCUT2D eigenvalue weighted by Gasteiger charge is -2.09. The number of nitrogens with zero attached hydrogens (tertiary/aromatic N) is 2. The summed E-state index contributed by atoms with van der Waals surface area (Å²) < 4.78 is 11.9. The number of imidazole rings is 1. The Balaban J connectivity index is 2.26. The minimum absolute atomic E-state index is 0.399. The molecule has 3 rings (SSSR count). The molecule has 0 N–H and O–H groups in total. The number of hydrogen-bond acceptors (Lipinski definition) is 4. The summed E-state index contributed by atoms with van der Waals surface area (Å²) in [4.78, 5) is 15.9. The summed E-state index contributed by atoms with van der Waals surface area (Å²) in [5.74, 6) is 0.549. The van der Waals surface area contributed by atoms with E-state index in [1.165, 1.54) is 7.11 Å². The van der Waals surface area contributed by atoms with Crippen LogP contribution in [0, 0.1) is 0 Å². The fourth-order valence-electron chi connectivity index (χ4n) is 2.22. The SMILES string of the molecule is COC(=O)c1cc(OC)n2c(C3CC3)c(Cl)nc2c1. The molecule has 1 aliphatic carbocycles. The molecular formula is C13H13ClN2O3. The largest absolute Gasteiger partial charge is 0.482 e. The Morgan fingerprint density at radius 3 is 2.74 bits per heavy atom. The molecule has 0 saturated heterocycles. The van der Waals surface area contributed by atoms with Crippen molar-refractivity contribution in [3.8, 4) is 5.88 Å². The van der Waals surface area contributed by atoms with Crippen molar-refractivity contribution >= 4 is 23.2 Å². The van der Waals surface area contributed by atoms with Crippen LogP contribution < -0.4 is 4.74 Å². The molecule has 0 atom stereocenters. The number of pyridine rings is 1. The summed E-state index contributed by atoms with van der Waals surface area (Å²) in [5.41, 5.74) is 1.97. The van der Waals surface area contributed by atoms with E-state index in [1.54, 1.807) is 19.2 Å². The summed E-state index contributed by atoms with van der Waals surface area (Å²) in [6.45, 7) is 0. The molecule has 2 aromatic heterocycles. The van der Waals surface area contributed by atoms with Gasteiger partial charge >= 0.3 is 5.97 Å². The molecule has 1 fully saturated rings. The van der Waals surface area contributed by atoms with E-state index in [9.17, 15) is 4.79 Å². The van der Waals surface area contributed by atoms with Crippen LogP contribution in [0.15, 0.2) is 12.1 Å². The lowest BCUT2D eigenvalue weighted by Crippen LogP contribution is -2.05. The Morgan fingerprint density at radius 1 is 1.42 bits per heavy atom. The van der Waals surface area contributed by atoms with Crippen LogP contribution in [0.25, 0.3) is 5.65 Å². The van der Waals surface area contributed by atoms with E-state index < -0.39 is 5.97 Å². The van der Waals surface area contributed by atoms with Crippen LogP contribution in [-0.4, -0.2) is 29.6 Å². The normalized spacial score (nSPS) is 14.7. The Kier molecular flexibility index (Phi) is 2.86. The average molecular weight is 281 g/mol. The van der Waals surface area contributed by atoms with Gasteiger partial charge in [0.1, 0.15) is 5.65 Å². The lowest BCUT2D eigenvalue weighted by molar-refractivity contribution is 0.0600. The summed E-state index contributed by atoms with van der Waals surface area (Å²) >= 11 is 6.19. The van der Waals surface area contributed by atoms with Gasteiger partial charge in [-0.25, -0.2) is 9.78 Å². The van der Waals surface area contributed by atoms with Crippen molar-refractivity contribution in [3.63, 3.8) is 0 Å². The van der Waals surface area contributed by atoms with E-state index in [4.69, 9.17) is 21.1 Å². The summed E-state index contributed by atoms with van der Waals surface area (Å²) in [6.07, 6.45) is 2.21. The van der Waals surface area contributed by atoms with E-state index in [0.29, 0.717) is 28.2 Å². The number of aromatic nitrogens is 2. The third-order valence-electron chi connectivity index (χ3n) is 3.27. The molecule has 0 amide bonds. The zero-order valence-electron chi connectivity index (χ0n) is 10.6. The number of hydrogen-bond donors (Lipinski definition) is 0. The first kappa shape index (κ1) is 12.3. The Labute approximate surface area is 115 Å². The zero-order chi connectivity index (χ0) is 13.6. The van der Waals surface area contributed by atoms with E-state index >= 15 is 0 Å². The third kappa shape index (κ3) is 1.94. The highest BCUT2D eigenvalue weighted by Crippen LogP contribution is 2.44. The molecule has 0 unspecified atom stereocenters. The van der Waals surface area contributed by atoms with Gasteiger partial charge in [-0.15, -0.1) is 0 Å². The first-order valence-corrected chi connectivity index (χ1v) is 6.37. The molecule has 2 aromatic rings. The maximum atomic E-state index is 11.6. The Bertz CT molecular complexity index is 661. The monoisotopic (exact) mass is 280 g/mol. The molecule has 100 valence electrons. The van der Waals surface area contributed by atoms with Gasteiger partial charge in [-0.05, 0) is 18.9 Å². The summed E-state index contributed by atoms with van der Waals surface area (Å²) in [6, 6.07) is 3.30. The molecule has 1 aliphatic rings. The van der Waals surface area contributed by atoms with Gasteiger partial charge in [0.05, 0.1) is 25.5 Å². The standard InChI is InChI=1S/C13H13ClN2O3/c1-18-10-6-8(13(17)19-2)5-9-15-12(14)11(16(9)10)7-3-4-7/h5-7H,3-4H2,1-2H3. The topological polar surface area (TPSA) is 52.8 Å². The Hall–Kier alpha value is -1.75. The number of carbonyl (C=O) groups is 1. The van der Waals surface area contributed by atoms with Crippen molar-refractivity contribution in [2.24, 2.45) is 0 Å². The van der Waals surface area contributed by atoms with Crippen LogP contribution in [0.3, 0.4) is 0 Å². The molecule has 1 saturated carbocycles. The van der Waals surface area contributed by atoms with Crippen molar-refractivity contribution in [2.45, 2.75) is 18.8 Å². The number of ether oxygens (including phenoxy) is 2. The first-order valence-electron chi connectivity index (χ1n) is 6.00. The predicted octanol–water partition coefficient (Wildman–Crippen LogP) is 2.66.